The lowest BCUT2D eigenvalue weighted by molar-refractivity contribution is -0.110. The van der Waals surface area contributed by atoms with Gasteiger partial charge in [-0.05, 0) is 47.5 Å². The van der Waals surface area contributed by atoms with Crippen LogP contribution < -0.4 is 10.6 Å². The standard InChI is InChI=1S/C31H28ClN3O/c1-2-35(20-22-9-5-3-6-10-22)21-23-13-16-26(17-14-23)33-30(24-11-7-4-8-12-24)29-27-18-15-25(32)19-28(27)34-31(29)36/h3-19,33H,2,20-21H2,1H3,(H,34,36). The van der Waals surface area contributed by atoms with Crippen molar-refractivity contribution in [2.75, 3.05) is 17.2 Å². The molecule has 1 amide bonds. The van der Waals surface area contributed by atoms with E-state index in [-0.39, 0.29) is 5.91 Å². The number of nitrogens with zero attached hydrogens (tertiary/aromatic N) is 1. The van der Waals surface area contributed by atoms with Crippen LogP contribution in [-0.4, -0.2) is 17.4 Å². The summed E-state index contributed by atoms with van der Waals surface area (Å²) in [5, 5.41) is 7.08. The van der Waals surface area contributed by atoms with E-state index in [9.17, 15) is 4.79 Å². The molecule has 1 aliphatic heterocycles. The highest BCUT2D eigenvalue weighted by molar-refractivity contribution is 6.38. The molecule has 0 spiro atoms. The largest absolute Gasteiger partial charge is 0.354 e. The van der Waals surface area contributed by atoms with Crippen LogP contribution in [0.5, 0.6) is 0 Å². The molecule has 0 unspecified atom stereocenters. The molecule has 0 saturated carbocycles. The predicted molar refractivity (Wildman–Crippen MR) is 150 cm³/mol. The molecule has 1 aliphatic rings. The van der Waals surface area contributed by atoms with Crippen molar-refractivity contribution in [1.82, 2.24) is 4.90 Å². The second-order valence-corrected chi connectivity index (χ2v) is 9.31. The molecule has 0 aromatic heterocycles. The van der Waals surface area contributed by atoms with E-state index in [0.717, 1.165) is 47.8 Å². The van der Waals surface area contributed by atoms with Gasteiger partial charge in [0.05, 0.1) is 17.0 Å². The Morgan fingerprint density at radius 2 is 1.47 bits per heavy atom. The number of benzene rings is 4. The molecule has 36 heavy (non-hydrogen) atoms. The minimum Gasteiger partial charge on any atom is -0.354 e. The highest BCUT2D eigenvalue weighted by atomic mass is 35.5. The Morgan fingerprint density at radius 1 is 0.833 bits per heavy atom. The number of carbonyl (C=O) groups excluding carboxylic acids is 1. The number of anilines is 2. The van der Waals surface area contributed by atoms with E-state index in [1.54, 1.807) is 6.07 Å². The van der Waals surface area contributed by atoms with Crippen LogP contribution in [0.25, 0.3) is 11.3 Å². The maximum absolute atomic E-state index is 13.0. The van der Waals surface area contributed by atoms with Gasteiger partial charge < -0.3 is 10.6 Å². The van der Waals surface area contributed by atoms with E-state index in [2.05, 4.69) is 71.0 Å². The van der Waals surface area contributed by atoms with Crippen LogP contribution in [0.2, 0.25) is 5.02 Å². The van der Waals surface area contributed by atoms with Gasteiger partial charge in [-0.25, -0.2) is 0 Å². The Hall–Kier alpha value is -3.86. The van der Waals surface area contributed by atoms with Crippen molar-refractivity contribution in [2.24, 2.45) is 0 Å². The third kappa shape index (κ3) is 5.35. The highest BCUT2D eigenvalue weighted by Gasteiger charge is 2.28. The van der Waals surface area contributed by atoms with Crippen molar-refractivity contribution in [3.8, 4) is 0 Å². The number of rotatable bonds is 8. The first-order valence-electron chi connectivity index (χ1n) is 12.1. The maximum atomic E-state index is 13.0. The van der Waals surface area contributed by atoms with E-state index in [0.29, 0.717) is 10.6 Å². The highest BCUT2D eigenvalue weighted by Crippen LogP contribution is 2.38. The Bertz CT molecular complexity index is 1380. The van der Waals surface area contributed by atoms with E-state index in [1.807, 2.05) is 48.5 Å². The molecule has 4 nitrogen and oxygen atoms in total. The molecular formula is C31H28ClN3O. The van der Waals surface area contributed by atoms with Crippen molar-refractivity contribution in [2.45, 2.75) is 20.0 Å². The van der Waals surface area contributed by atoms with Crippen LogP contribution in [0.3, 0.4) is 0 Å². The summed E-state index contributed by atoms with van der Waals surface area (Å²) in [6.45, 7) is 4.95. The van der Waals surface area contributed by atoms with Crippen LogP contribution in [0, 0.1) is 0 Å². The third-order valence-corrected chi connectivity index (χ3v) is 6.60. The fourth-order valence-corrected chi connectivity index (χ4v) is 4.67. The van der Waals surface area contributed by atoms with Crippen molar-refractivity contribution in [3.63, 3.8) is 0 Å². The van der Waals surface area contributed by atoms with Gasteiger partial charge in [0.1, 0.15) is 0 Å². The number of hydrogen-bond acceptors (Lipinski definition) is 3. The fraction of sp³-hybridized carbons (Fsp3) is 0.129. The second-order valence-electron chi connectivity index (χ2n) is 8.87. The lowest BCUT2D eigenvalue weighted by atomic mass is 10.00. The quantitative estimate of drug-likeness (QED) is 0.253. The summed E-state index contributed by atoms with van der Waals surface area (Å²) in [6, 6.07) is 34.4. The average molecular weight is 494 g/mol. The van der Waals surface area contributed by atoms with Gasteiger partial charge in [-0.3, -0.25) is 9.69 Å². The molecule has 0 saturated heterocycles. The molecule has 0 atom stereocenters. The van der Waals surface area contributed by atoms with E-state index in [4.69, 9.17) is 11.6 Å². The molecule has 0 radical (unpaired) electrons. The number of hydrogen-bond donors (Lipinski definition) is 2. The number of carbonyl (C=O) groups is 1. The van der Waals surface area contributed by atoms with Crippen LogP contribution in [0.15, 0.2) is 103 Å². The molecule has 1 heterocycles. The van der Waals surface area contributed by atoms with Crippen LogP contribution in [0.4, 0.5) is 11.4 Å². The molecule has 0 bridgehead atoms. The van der Waals surface area contributed by atoms with Gasteiger partial charge in [-0.1, -0.05) is 97.4 Å². The summed E-state index contributed by atoms with van der Waals surface area (Å²) in [4.78, 5) is 15.5. The molecular weight excluding hydrogens is 466 g/mol. The zero-order valence-corrected chi connectivity index (χ0v) is 20.9. The van der Waals surface area contributed by atoms with Gasteiger partial charge in [-0.15, -0.1) is 0 Å². The Balaban J connectivity index is 1.41. The van der Waals surface area contributed by atoms with Gasteiger partial charge in [0.25, 0.3) is 5.91 Å². The number of amides is 1. The first kappa shape index (κ1) is 23.9. The van der Waals surface area contributed by atoms with Crippen molar-refractivity contribution in [3.05, 3.63) is 130 Å². The van der Waals surface area contributed by atoms with Crippen LogP contribution >= 0.6 is 11.6 Å². The number of nitrogens with one attached hydrogen (secondary N) is 2. The molecule has 5 heteroatoms. The maximum Gasteiger partial charge on any atom is 0.258 e. The van der Waals surface area contributed by atoms with Gasteiger partial charge in [0.15, 0.2) is 0 Å². The van der Waals surface area contributed by atoms with Crippen molar-refractivity contribution >= 4 is 40.2 Å². The van der Waals surface area contributed by atoms with Crippen molar-refractivity contribution < 1.29 is 4.79 Å². The van der Waals surface area contributed by atoms with Gasteiger partial charge >= 0.3 is 0 Å². The number of halogens is 1. The van der Waals surface area contributed by atoms with Crippen LogP contribution in [-0.2, 0) is 17.9 Å². The summed E-state index contributed by atoms with van der Waals surface area (Å²) in [5.74, 6) is -0.144. The lowest BCUT2D eigenvalue weighted by Crippen LogP contribution is -2.22. The predicted octanol–water partition coefficient (Wildman–Crippen LogP) is 7.29. The monoisotopic (exact) mass is 493 g/mol. The van der Waals surface area contributed by atoms with E-state index in [1.165, 1.54) is 11.1 Å². The zero-order chi connectivity index (χ0) is 24.9. The summed E-state index contributed by atoms with van der Waals surface area (Å²) >= 11 is 6.17. The third-order valence-electron chi connectivity index (χ3n) is 6.36. The Morgan fingerprint density at radius 3 is 2.14 bits per heavy atom. The summed E-state index contributed by atoms with van der Waals surface area (Å²) in [6.07, 6.45) is 0. The van der Waals surface area contributed by atoms with Gasteiger partial charge in [0, 0.05) is 29.4 Å². The normalized spacial score (nSPS) is 13.9. The van der Waals surface area contributed by atoms with Gasteiger partial charge in [0.2, 0.25) is 0 Å². The first-order chi connectivity index (χ1) is 17.6. The molecule has 0 fully saturated rings. The fourth-order valence-electron chi connectivity index (χ4n) is 4.49. The summed E-state index contributed by atoms with van der Waals surface area (Å²) in [7, 11) is 0. The topological polar surface area (TPSA) is 44.4 Å². The second kappa shape index (κ2) is 10.8. The average Bonchev–Trinajstić information content (AvgIpc) is 3.23. The minimum atomic E-state index is -0.144. The van der Waals surface area contributed by atoms with Crippen molar-refractivity contribution in [1.29, 1.82) is 0 Å². The van der Waals surface area contributed by atoms with Gasteiger partial charge in [-0.2, -0.15) is 0 Å². The molecule has 5 rings (SSSR count). The lowest BCUT2D eigenvalue weighted by Gasteiger charge is -2.21. The van der Waals surface area contributed by atoms with E-state index < -0.39 is 0 Å². The first-order valence-corrected chi connectivity index (χ1v) is 12.5. The Labute approximate surface area is 217 Å². The molecule has 2 N–H and O–H groups in total. The summed E-state index contributed by atoms with van der Waals surface area (Å²) < 4.78 is 0. The minimum absolute atomic E-state index is 0.144. The molecule has 0 aliphatic carbocycles. The number of fused-ring (bicyclic) bond motifs is 1. The Kier molecular flexibility index (Phi) is 7.17. The zero-order valence-electron chi connectivity index (χ0n) is 20.2. The SMILES string of the molecule is CCN(Cc1ccccc1)Cc1ccc(NC(=C2C(=O)Nc3cc(Cl)ccc32)c2ccccc2)cc1. The summed E-state index contributed by atoms with van der Waals surface area (Å²) in [5.41, 5.74) is 7.36. The van der Waals surface area contributed by atoms with E-state index >= 15 is 0 Å². The molecule has 4 aromatic rings. The molecule has 180 valence electrons. The molecule has 4 aromatic carbocycles. The van der Waals surface area contributed by atoms with Crippen LogP contribution in [0.1, 0.15) is 29.2 Å². The smallest absolute Gasteiger partial charge is 0.258 e.